The maximum absolute atomic E-state index is 11.9. The van der Waals surface area contributed by atoms with Gasteiger partial charge in [0.25, 0.3) is 0 Å². The van der Waals surface area contributed by atoms with Gasteiger partial charge in [0.1, 0.15) is 0 Å². The fourth-order valence-electron chi connectivity index (χ4n) is 2.07. The van der Waals surface area contributed by atoms with Gasteiger partial charge in [-0.2, -0.15) is 0 Å². The molecule has 1 N–H and O–H groups in total. The Bertz CT molecular complexity index is 395. The van der Waals surface area contributed by atoms with E-state index in [9.17, 15) is 9.46 Å². The van der Waals surface area contributed by atoms with Crippen molar-refractivity contribution < 1.29 is 9.46 Å². The van der Waals surface area contributed by atoms with Crippen LogP contribution in [0.15, 0.2) is 35.2 Å². The Kier molecular flexibility index (Phi) is 9.33. The minimum atomic E-state index is -2.84. The second-order valence-corrected chi connectivity index (χ2v) is 8.98. The molecule has 1 aromatic rings. The molecule has 1 atom stereocenters. The van der Waals surface area contributed by atoms with Crippen molar-refractivity contribution in [2.45, 2.75) is 50.3 Å². The van der Waals surface area contributed by atoms with Crippen LogP contribution in [0.25, 0.3) is 0 Å². The Balaban J connectivity index is 2.02. The highest BCUT2D eigenvalue weighted by Crippen LogP contribution is 2.42. The lowest BCUT2D eigenvalue weighted by molar-refractivity contribution is 0.471. The number of rotatable bonds is 11. The third kappa shape index (κ3) is 8.84. The molecule has 0 saturated carbocycles. The third-order valence-electron chi connectivity index (χ3n) is 3.27. The van der Waals surface area contributed by atoms with Crippen LogP contribution in [0.3, 0.4) is 0 Å². The first-order valence-corrected chi connectivity index (χ1v) is 10.6. The predicted octanol–water partition coefficient (Wildman–Crippen LogP) is 5.41. The fourth-order valence-corrected chi connectivity index (χ4v) is 4.66. The average molecular weight is 314 g/mol. The Labute approximate surface area is 127 Å². The van der Waals surface area contributed by atoms with E-state index >= 15 is 0 Å². The van der Waals surface area contributed by atoms with Crippen molar-refractivity contribution in [1.82, 2.24) is 0 Å². The lowest BCUT2D eigenvalue weighted by Crippen LogP contribution is -1.95. The van der Waals surface area contributed by atoms with Gasteiger partial charge in [-0.25, -0.2) is 0 Å². The van der Waals surface area contributed by atoms with E-state index in [4.69, 9.17) is 0 Å². The molecule has 0 aliphatic carbocycles. The molecular formula is C16H27O2PS. The van der Waals surface area contributed by atoms with E-state index in [1.165, 1.54) is 4.90 Å². The molecule has 4 heteroatoms. The monoisotopic (exact) mass is 314 g/mol. The Hall–Kier alpha value is -0.240. The molecule has 0 bridgehead atoms. The van der Waals surface area contributed by atoms with Crippen LogP contribution in [0.5, 0.6) is 0 Å². The van der Waals surface area contributed by atoms with Crippen LogP contribution >= 0.6 is 19.1 Å². The standard InChI is InChI=1S/C16H27O2PS/c1-2-3-8-13-19(17,18)14-9-5-10-15-20-16-11-6-4-7-12-16/h4,6-7,11-12H,2-3,5,8-10,13-15H2,1H3,(H,17,18). The summed E-state index contributed by atoms with van der Waals surface area (Å²) in [6.07, 6.45) is 7.15. The molecule has 0 aliphatic heterocycles. The van der Waals surface area contributed by atoms with Crippen LogP contribution in [0.1, 0.15) is 45.4 Å². The van der Waals surface area contributed by atoms with Crippen molar-refractivity contribution in [3.63, 3.8) is 0 Å². The first kappa shape index (κ1) is 17.8. The van der Waals surface area contributed by atoms with Gasteiger partial charge in [-0.05, 0) is 37.1 Å². The van der Waals surface area contributed by atoms with Crippen LogP contribution in [0.2, 0.25) is 0 Å². The summed E-state index contributed by atoms with van der Waals surface area (Å²) in [5.41, 5.74) is 0. The van der Waals surface area contributed by atoms with Gasteiger partial charge in [0.05, 0.1) is 0 Å². The molecule has 0 aromatic heterocycles. The van der Waals surface area contributed by atoms with Gasteiger partial charge in [-0.3, -0.25) is 4.57 Å². The molecule has 0 aliphatic rings. The minimum absolute atomic E-state index is 0.507. The van der Waals surface area contributed by atoms with Gasteiger partial charge in [-0.15, -0.1) is 11.8 Å². The van der Waals surface area contributed by atoms with E-state index in [-0.39, 0.29) is 0 Å². The zero-order valence-corrected chi connectivity index (χ0v) is 14.2. The molecule has 1 rings (SSSR count). The lowest BCUT2D eigenvalue weighted by atomic mass is 10.3. The van der Waals surface area contributed by atoms with E-state index in [0.717, 1.165) is 44.3 Å². The molecule has 0 amide bonds. The van der Waals surface area contributed by atoms with Crippen LogP contribution < -0.4 is 0 Å². The van der Waals surface area contributed by atoms with Crippen molar-refractivity contribution in [2.75, 3.05) is 18.1 Å². The van der Waals surface area contributed by atoms with Gasteiger partial charge in [0, 0.05) is 17.2 Å². The molecule has 20 heavy (non-hydrogen) atoms. The van der Waals surface area contributed by atoms with E-state index in [1.54, 1.807) is 0 Å². The fraction of sp³-hybridized carbons (Fsp3) is 0.625. The van der Waals surface area contributed by atoms with Crippen molar-refractivity contribution >= 4 is 19.1 Å². The summed E-state index contributed by atoms with van der Waals surface area (Å²) in [5.74, 6) is 1.09. The van der Waals surface area contributed by atoms with Crippen LogP contribution in [-0.4, -0.2) is 23.0 Å². The number of thioether (sulfide) groups is 1. The van der Waals surface area contributed by atoms with E-state index in [1.807, 2.05) is 17.8 Å². The molecule has 0 heterocycles. The topological polar surface area (TPSA) is 37.3 Å². The summed E-state index contributed by atoms with van der Waals surface area (Å²) in [6.45, 7) is 2.12. The van der Waals surface area contributed by atoms with Crippen LogP contribution in [-0.2, 0) is 4.57 Å². The molecule has 1 unspecified atom stereocenters. The summed E-state index contributed by atoms with van der Waals surface area (Å²) >= 11 is 1.86. The predicted molar refractivity (Wildman–Crippen MR) is 90.1 cm³/mol. The average Bonchev–Trinajstić information content (AvgIpc) is 2.44. The van der Waals surface area contributed by atoms with Crippen molar-refractivity contribution in [3.05, 3.63) is 30.3 Å². The Morgan fingerprint density at radius 3 is 2.30 bits per heavy atom. The zero-order valence-electron chi connectivity index (χ0n) is 12.5. The van der Waals surface area contributed by atoms with Crippen LogP contribution in [0, 0.1) is 0 Å². The van der Waals surface area contributed by atoms with Gasteiger partial charge in [-0.1, -0.05) is 44.4 Å². The highest BCUT2D eigenvalue weighted by atomic mass is 32.2. The third-order valence-corrected chi connectivity index (χ3v) is 6.40. The summed E-state index contributed by atoms with van der Waals surface area (Å²) in [7, 11) is -2.84. The summed E-state index contributed by atoms with van der Waals surface area (Å²) in [4.78, 5) is 11.1. The molecule has 1 aromatic carbocycles. The lowest BCUT2D eigenvalue weighted by Gasteiger charge is -2.10. The molecule has 0 fully saturated rings. The molecule has 0 radical (unpaired) electrons. The Morgan fingerprint density at radius 1 is 1.00 bits per heavy atom. The SMILES string of the molecule is CCCCCP(=O)(O)CCCCCSc1ccccc1. The van der Waals surface area contributed by atoms with E-state index in [2.05, 4.69) is 31.2 Å². The number of hydrogen-bond acceptors (Lipinski definition) is 2. The van der Waals surface area contributed by atoms with E-state index in [0.29, 0.717) is 12.3 Å². The van der Waals surface area contributed by atoms with Crippen LogP contribution in [0.4, 0.5) is 0 Å². The molecule has 0 saturated heterocycles. The first-order chi connectivity index (χ1) is 9.64. The number of hydrogen-bond donors (Lipinski definition) is 1. The zero-order chi connectivity index (χ0) is 14.7. The molecule has 114 valence electrons. The molecular weight excluding hydrogens is 287 g/mol. The molecule has 2 nitrogen and oxygen atoms in total. The van der Waals surface area contributed by atoms with Gasteiger partial charge in [0.2, 0.25) is 7.37 Å². The van der Waals surface area contributed by atoms with E-state index < -0.39 is 7.37 Å². The Morgan fingerprint density at radius 2 is 1.65 bits per heavy atom. The van der Waals surface area contributed by atoms with Crippen molar-refractivity contribution in [1.29, 1.82) is 0 Å². The first-order valence-electron chi connectivity index (χ1n) is 7.63. The summed E-state index contributed by atoms with van der Waals surface area (Å²) in [5, 5.41) is 0. The summed E-state index contributed by atoms with van der Waals surface area (Å²) < 4.78 is 11.9. The second-order valence-electron chi connectivity index (χ2n) is 5.22. The largest absolute Gasteiger partial charge is 0.344 e. The maximum Gasteiger partial charge on any atom is 0.200 e. The van der Waals surface area contributed by atoms with Crippen molar-refractivity contribution in [3.8, 4) is 0 Å². The smallest absolute Gasteiger partial charge is 0.200 e. The number of unbranched alkanes of at least 4 members (excludes halogenated alkanes) is 4. The van der Waals surface area contributed by atoms with Gasteiger partial charge >= 0.3 is 0 Å². The number of benzene rings is 1. The van der Waals surface area contributed by atoms with Gasteiger partial charge in [0.15, 0.2) is 0 Å². The normalized spacial score (nSPS) is 14.1. The van der Waals surface area contributed by atoms with Gasteiger partial charge < -0.3 is 4.89 Å². The molecule has 0 spiro atoms. The summed E-state index contributed by atoms with van der Waals surface area (Å²) in [6, 6.07) is 10.4. The maximum atomic E-state index is 11.9. The second kappa shape index (κ2) is 10.5. The highest BCUT2D eigenvalue weighted by Gasteiger charge is 2.16. The van der Waals surface area contributed by atoms with Crippen molar-refractivity contribution in [2.24, 2.45) is 0 Å². The highest BCUT2D eigenvalue weighted by molar-refractivity contribution is 7.99. The minimum Gasteiger partial charge on any atom is -0.344 e. The quantitative estimate of drug-likeness (QED) is 0.337.